The molecule has 1 spiro atoms. The Morgan fingerprint density at radius 3 is 2.56 bits per heavy atom. The zero-order valence-corrected chi connectivity index (χ0v) is 6.11. The largest absolute Gasteiger partial charge is 0.314 e. The second-order valence-electron chi connectivity index (χ2n) is 3.82. The van der Waals surface area contributed by atoms with E-state index in [1.807, 2.05) is 0 Å². The summed E-state index contributed by atoms with van der Waals surface area (Å²) in [6.07, 6.45) is 5.88. The van der Waals surface area contributed by atoms with E-state index in [-0.39, 0.29) is 0 Å². The Morgan fingerprint density at radius 2 is 2.11 bits per heavy atom. The molecular weight excluding hydrogens is 110 g/mol. The summed E-state index contributed by atoms with van der Waals surface area (Å²) in [6.45, 7) is 3.59. The molecule has 1 heteroatoms. The van der Waals surface area contributed by atoms with Gasteiger partial charge in [0.2, 0.25) is 0 Å². The summed E-state index contributed by atoms with van der Waals surface area (Å²) >= 11 is 0. The molecule has 0 aromatic rings. The van der Waals surface area contributed by atoms with Gasteiger partial charge < -0.3 is 5.32 Å². The Morgan fingerprint density at radius 1 is 1.33 bits per heavy atom. The van der Waals surface area contributed by atoms with Crippen molar-refractivity contribution in [1.82, 2.24) is 5.32 Å². The maximum Gasteiger partial charge on any atom is 0.00391 e. The summed E-state index contributed by atoms with van der Waals surface area (Å²) in [5.74, 6) is 0. The smallest absolute Gasteiger partial charge is 0.00391 e. The van der Waals surface area contributed by atoms with Crippen molar-refractivity contribution < 1.29 is 0 Å². The van der Waals surface area contributed by atoms with E-state index in [2.05, 4.69) is 12.2 Å². The molecule has 0 amide bonds. The summed E-state index contributed by atoms with van der Waals surface area (Å²) in [4.78, 5) is 0. The minimum atomic E-state index is 0.788. The highest BCUT2D eigenvalue weighted by Crippen LogP contribution is 2.50. The molecule has 1 heterocycles. The van der Waals surface area contributed by atoms with E-state index in [9.17, 15) is 0 Å². The lowest BCUT2D eigenvalue weighted by Gasteiger charge is -2.27. The second kappa shape index (κ2) is 1.72. The van der Waals surface area contributed by atoms with Crippen molar-refractivity contribution in [2.45, 2.75) is 38.6 Å². The van der Waals surface area contributed by atoms with Gasteiger partial charge in [0.05, 0.1) is 0 Å². The number of rotatable bonds is 0. The summed E-state index contributed by atoms with van der Waals surface area (Å²) in [5.41, 5.74) is 0.798. The van der Waals surface area contributed by atoms with Crippen molar-refractivity contribution in [2.24, 2.45) is 5.41 Å². The zero-order chi connectivity index (χ0) is 6.32. The van der Waals surface area contributed by atoms with Crippen molar-refractivity contribution >= 4 is 0 Å². The van der Waals surface area contributed by atoms with E-state index >= 15 is 0 Å². The average molecular weight is 125 g/mol. The SMILES string of the molecule is C[C@H]1CCC2(CC2)CN1. The van der Waals surface area contributed by atoms with Crippen LogP contribution in [-0.4, -0.2) is 12.6 Å². The third-order valence-electron chi connectivity index (χ3n) is 2.89. The fraction of sp³-hybridized carbons (Fsp3) is 1.00. The van der Waals surface area contributed by atoms with Gasteiger partial charge in [-0.15, -0.1) is 0 Å². The molecule has 0 bridgehead atoms. The molecule has 1 saturated heterocycles. The highest BCUT2D eigenvalue weighted by Gasteiger charge is 2.43. The highest BCUT2D eigenvalue weighted by atomic mass is 14.9. The molecule has 0 unspecified atom stereocenters. The van der Waals surface area contributed by atoms with Gasteiger partial charge >= 0.3 is 0 Å². The Labute approximate surface area is 56.8 Å². The summed E-state index contributed by atoms with van der Waals surface area (Å²) in [6, 6.07) is 0.788. The first-order valence-electron chi connectivity index (χ1n) is 4.04. The van der Waals surface area contributed by atoms with Gasteiger partial charge in [-0.2, -0.15) is 0 Å². The van der Waals surface area contributed by atoms with Gasteiger partial charge in [-0.3, -0.25) is 0 Å². The van der Waals surface area contributed by atoms with E-state index in [1.54, 1.807) is 0 Å². The van der Waals surface area contributed by atoms with Gasteiger partial charge in [0.15, 0.2) is 0 Å². The molecule has 1 nitrogen and oxygen atoms in total. The quantitative estimate of drug-likeness (QED) is 0.518. The highest BCUT2D eigenvalue weighted by molar-refractivity contribution is 4.98. The maximum atomic E-state index is 3.53. The van der Waals surface area contributed by atoms with Gasteiger partial charge in [-0.1, -0.05) is 0 Å². The first-order valence-corrected chi connectivity index (χ1v) is 4.04. The molecular formula is C8H15N. The molecule has 2 fully saturated rings. The molecule has 2 aliphatic rings. The summed E-state index contributed by atoms with van der Waals surface area (Å²) in [5, 5.41) is 3.53. The number of hydrogen-bond donors (Lipinski definition) is 1. The minimum Gasteiger partial charge on any atom is -0.314 e. The number of nitrogens with one attached hydrogen (secondary N) is 1. The Balaban J connectivity index is 1.91. The molecule has 1 saturated carbocycles. The van der Waals surface area contributed by atoms with Crippen LogP contribution in [0.5, 0.6) is 0 Å². The monoisotopic (exact) mass is 125 g/mol. The van der Waals surface area contributed by atoms with Crippen LogP contribution in [0.25, 0.3) is 0 Å². The standard InChI is InChI=1S/C8H15N/c1-7-2-3-8(4-5-8)6-9-7/h7,9H,2-6H2,1H3/t7-/m0/s1. The van der Waals surface area contributed by atoms with E-state index < -0.39 is 0 Å². The van der Waals surface area contributed by atoms with Crippen LogP contribution in [0.4, 0.5) is 0 Å². The molecule has 2 rings (SSSR count). The van der Waals surface area contributed by atoms with Crippen LogP contribution in [0.3, 0.4) is 0 Å². The third kappa shape index (κ3) is 0.983. The molecule has 0 aromatic carbocycles. The lowest BCUT2D eigenvalue weighted by molar-refractivity contribution is 0.305. The first-order chi connectivity index (χ1) is 4.31. The molecule has 0 aromatic heterocycles. The third-order valence-corrected chi connectivity index (χ3v) is 2.89. The van der Waals surface area contributed by atoms with Crippen molar-refractivity contribution in [2.75, 3.05) is 6.54 Å². The molecule has 1 N–H and O–H groups in total. The lowest BCUT2D eigenvalue weighted by Crippen LogP contribution is -2.37. The van der Waals surface area contributed by atoms with E-state index in [1.165, 1.54) is 32.2 Å². The maximum absolute atomic E-state index is 3.53. The summed E-state index contributed by atoms with van der Waals surface area (Å²) < 4.78 is 0. The van der Waals surface area contributed by atoms with E-state index in [0.717, 1.165) is 11.5 Å². The van der Waals surface area contributed by atoms with Gasteiger partial charge in [0.1, 0.15) is 0 Å². The summed E-state index contributed by atoms with van der Waals surface area (Å²) in [7, 11) is 0. The Bertz CT molecular complexity index is 106. The number of hydrogen-bond acceptors (Lipinski definition) is 1. The lowest BCUT2D eigenvalue weighted by atomic mass is 9.93. The van der Waals surface area contributed by atoms with Crippen LogP contribution < -0.4 is 5.32 Å². The molecule has 9 heavy (non-hydrogen) atoms. The molecule has 0 radical (unpaired) electrons. The predicted molar refractivity (Wildman–Crippen MR) is 38.4 cm³/mol. The van der Waals surface area contributed by atoms with Crippen molar-refractivity contribution in [3.63, 3.8) is 0 Å². The Hall–Kier alpha value is -0.0400. The van der Waals surface area contributed by atoms with Crippen molar-refractivity contribution in [3.05, 3.63) is 0 Å². The van der Waals surface area contributed by atoms with Crippen LogP contribution in [0.1, 0.15) is 32.6 Å². The normalized spacial score (nSPS) is 39.0. The molecule has 52 valence electrons. The first kappa shape index (κ1) is 5.72. The van der Waals surface area contributed by atoms with Crippen LogP contribution in [0, 0.1) is 5.41 Å². The van der Waals surface area contributed by atoms with Gasteiger partial charge in [-0.25, -0.2) is 0 Å². The van der Waals surface area contributed by atoms with Crippen LogP contribution in [0.15, 0.2) is 0 Å². The fourth-order valence-electron chi connectivity index (χ4n) is 1.71. The number of piperidine rings is 1. The van der Waals surface area contributed by atoms with Crippen LogP contribution in [-0.2, 0) is 0 Å². The molecule has 1 aliphatic carbocycles. The van der Waals surface area contributed by atoms with Gasteiger partial charge in [0, 0.05) is 12.6 Å². The fourth-order valence-corrected chi connectivity index (χ4v) is 1.71. The predicted octanol–water partition coefficient (Wildman–Crippen LogP) is 1.54. The van der Waals surface area contributed by atoms with Gasteiger partial charge in [-0.05, 0) is 38.0 Å². The van der Waals surface area contributed by atoms with E-state index in [0.29, 0.717) is 0 Å². The van der Waals surface area contributed by atoms with Crippen molar-refractivity contribution in [3.8, 4) is 0 Å². The van der Waals surface area contributed by atoms with Gasteiger partial charge in [0.25, 0.3) is 0 Å². The molecule has 1 atom stereocenters. The average Bonchev–Trinajstić information content (AvgIpc) is 2.60. The Kier molecular flexibility index (Phi) is 1.10. The van der Waals surface area contributed by atoms with Crippen molar-refractivity contribution in [1.29, 1.82) is 0 Å². The van der Waals surface area contributed by atoms with E-state index in [4.69, 9.17) is 0 Å². The minimum absolute atomic E-state index is 0.788. The zero-order valence-electron chi connectivity index (χ0n) is 6.11. The molecule has 1 aliphatic heterocycles. The van der Waals surface area contributed by atoms with Crippen LogP contribution >= 0.6 is 0 Å². The topological polar surface area (TPSA) is 12.0 Å². The van der Waals surface area contributed by atoms with Crippen LogP contribution in [0.2, 0.25) is 0 Å². The second-order valence-corrected chi connectivity index (χ2v) is 3.82.